The van der Waals surface area contributed by atoms with Crippen LogP contribution in [-0.2, 0) is 9.59 Å². The molecule has 2 N–H and O–H groups in total. The monoisotopic (exact) mass is 263 g/mol. The van der Waals surface area contributed by atoms with Crippen LogP contribution in [0.15, 0.2) is 30.3 Å². The number of methoxy groups -OCH3 is 1. The van der Waals surface area contributed by atoms with Gasteiger partial charge in [0.15, 0.2) is 0 Å². The fraction of sp³-hybridized carbons (Fsp3) is 0.286. The van der Waals surface area contributed by atoms with E-state index in [1.807, 2.05) is 24.3 Å². The van der Waals surface area contributed by atoms with Gasteiger partial charge in [0.25, 0.3) is 0 Å². The highest BCUT2D eigenvalue weighted by Gasteiger charge is 1.98. The van der Waals surface area contributed by atoms with Gasteiger partial charge in [-0.3, -0.25) is 9.59 Å². The first-order chi connectivity index (χ1) is 9.11. The van der Waals surface area contributed by atoms with Crippen molar-refractivity contribution in [3.63, 3.8) is 0 Å². The van der Waals surface area contributed by atoms with E-state index in [0.29, 0.717) is 13.0 Å². The van der Waals surface area contributed by atoms with Crippen molar-refractivity contribution in [2.75, 3.05) is 13.7 Å². The zero-order valence-corrected chi connectivity index (χ0v) is 10.8. The number of carbonyl (C=O) groups is 2. The molecule has 5 nitrogen and oxygen atoms in total. The van der Waals surface area contributed by atoms with Crippen LogP contribution in [0, 0.1) is 0 Å². The molecule has 0 bridgehead atoms. The SMILES string of the molecule is COc1ccc(/C=C\C(=O)NCCCC(=O)O)cc1. The van der Waals surface area contributed by atoms with Crippen LogP contribution in [0.5, 0.6) is 5.75 Å². The van der Waals surface area contributed by atoms with E-state index in [0.717, 1.165) is 11.3 Å². The number of rotatable bonds is 7. The summed E-state index contributed by atoms with van der Waals surface area (Å²) in [5.41, 5.74) is 0.890. The highest BCUT2D eigenvalue weighted by molar-refractivity contribution is 5.91. The minimum atomic E-state index is -0.858. The van der Waals surface area contributed by atoms with Gasteiger partial charge in [-0.05, 0) is 30.2 Å². The van der Waals surface area contributed by atoms with E-state index >= 15 is 0 Å². The summed E-state index contributed by atoms with van der Waals surface area (Å²) in [6.45, 7) is 0.359. The van der Waals surface area contributed by atoms with Crippen LogP contribution in [0.4, 0.5) is 0 Å². The normalized spacial score (nSPS) is 10.4. The van der Waals surface area contributed by atoms with E-state index in [1.54, 1.807) is 13.2 Å². The van der Waals surface area contributed by atoms with E-state index in [2.05, 4.69) is 5.32 Å². The molecular formula is C14H17NO4. The summed E-state index contributed by atoms with van der Waals surface area (Å²) in [6, 6.07) is 7.30. The maximum atomic E-state index is 11.4. The molecule has 1 rings (SSSR count). The highest BCUT2D eigenvalue weighted by Crippen LogP contribution is 2.12. The summed E-state index contributed by atoms with van der Waals surface area (Å²) in [5.74, 6) is -0.334. The minimum absolute atomic E-state index is 0.0580. The average molecular weight is 263 g/mol. The standard InChI is InChI=1S/C14H17NO4/c1-19-12-7-4-11(5-8-12)6-9-13(16)15-10-2-3-14(17)18/h4-9H,2-3,10H2,1H3,(H,15,16)(H,17,18)/b9-6-. The van der Waals surface area contributed by atoms with Crippen LogP contribution in [0.25, 0.3) is 6.08 Å². The molecule has 0 aliphatic rings. The van der Waals surface area contributed by atoms with Gasteiger partial charge in [-0.1, -0.05) is 12.1 Å². The van der Waals surface area contributed by atoms with Crippen molar-refractivity contribution >= 4 is 18.0 Å². The molecule has 0 aliphatic heterocycles. The number of carboxylic acids is 1. The molecule has 0 saturated heterocycles. The molecule has 0 heterocycles. The smallest absolute Gasteiger partial charge is 0.303 e. The van der Waals surface area contributed by atoms with Gasteiger partial charge in [-0.25, -0.2) is 0 Å². The highest BCUT2D eigenvalue weighted by atomic mass is 16.5. The molecule has 0 fully saturated rings. The molecule has 1 aromatic carbocycles. The zero-order chi connectivity index (χ0) is 14.1. The third-order valence-corrected chi connectivity index (χ3v) is 2.41. The molecule has 0 aromatic heterocycles. The first-order valence-corrected chi connectivity index (χ1v) is 5.93. The first kappa shape index (κ1) is 14.8. The number of aliphatic carboxylic acids is 1. The maximum absolute atomic E-state index is 11.4. The van der Waals surface area contributed by atoms with Crippen molar-refractivity contribution in [3.8, 4) is 5.75 Å². The predicted octanol–water partition coefficient (Wildman–Crippen LogP) is 1.69. The Balaban J connectivity index is 2.34. The quantitative estimate of drug-likeness (QED) is 0.580. The summed E-state index contributed by atoms with van der Waals surface area (Å²) in [7, 11) is 1.59. The Bertz CT molecular complexity index is 451. The van der Waals surface area contributed by atoms with E-state index in [9.17, 15) is 9.59 Å². The van der Waals surface area contributed by atoms with Crippen LogP contribution in [0.2, 0.25) is 0 Å². The number of carboxylic acid groups (broad SMARTS) is 1. The third kappa shape index (κ3) is 6.26. The lowest BCUT2D eigenvalue weighted by molar-refractivity contribution is -0.137. The zero-order valence-electron chi connectivity index (χ0n) is 10.8. The van der Waals surface area contributed by atoms with Crippen molar-refractivity contribution in [1.82, 2.24) is 5.32 Å². The summed E-state index contributed by atoms with van der Waals surface area (Å²) < 4.78 is 5.03. The largest absolute Gasteiger partial charge is 0.497 e. The van der Waals surface area contributed by atoms with Crippen LogP contribution in [0.3, 0.4) is 0 Å². The van der Waals surface area contributed by atoms with Crippen LogP contribution in [0.1, 0.15) is 18.4 Å². The predicted molar refractivity (Wildman–Crippen MR) is 71.9 cm³/mol. The molecule has 0 spiro atoms. The Morgan fingerprint density at radius 3 is 2.58 bits per heavy atom. The molecule has 1 amide bonds. The second-order valence-electron chi connectivity index (χ2n) is 3.89. The lowest BCUT2D eigenvalue weighted by atomic mass is 10.2. The molecular weight excluding hydrogens is 246 g/mol. The number of nitrogens with one attached hydrogen (secondary N) is 1. The second-order valence-corrected chi connectivity index (χ2v) is 3.89. The Morgan fingerprint density at radius 2 is 2.00 bits per heavy atom. The summed E-state index contributed by atoms with van der Waals surface area (Å²) in [4.78, 5) is 21.7. The molecule has 0 unspecified atom stereocenters. The minimum Gasteiger partial charge on any atom is -0.497 e. The number of hydrogen-bond acceptors (Lipinski definition) is 3. The fourth-order valence-electron chi connectivity index (χ4n) is 1.40. The van der Waals surface area contributed by atoms with Crippen molar-refractivity contribution < 1.29 is 19.4 Å². The van der Waals surface area contributed by atoms with Gasteiger partial charge in [0, 0.05) is 19.0 Å². The lowest BCUT2D eigenvalue weighted by Crippen LogP contribution is -2.22. The number of ether oxygens (including phenoxy) is 1. The van der Waals surface area contributed by atoms with E-state index < -0.39 is 5.97 Å². The van der Waals surface area contributed by atoms with Crippen molar-refractivity contribution in [3.05, 3.63) is 35.9 Å². The molecule has 5 heteroatoms. The Morgan fingerprint density at radius 1 is 1.32 bits per heavy atom. The number of benzene rings is 1. The van der Waals surface area contributed by atoms with Gasteiger partial charge in [-0.2, -0.15) is 0 Å². The lowest BCUT2D eigenvalue weighted by Gasteiger charge is -2.00. The van der Waals surface area contributed by atoms with Gasteiger partial charge in [0.05, 0.1) is 7.11 Å². The molecule has 0 saturated carbocycles. The van der Waals surface area contributed by atoms with Crippen LogP contribution in [-0.4, -0.2) is 30.6 Å². The third-order valence-electron chi connectivity index (χ3n) is 2.41. The molecule has 102 valence electrons. The van der Waals surface area contributed by atoms with Crippen molar-refractivity contribution in [1.29, 1.82) is 0 Å². The molecule has 0 aliphatic carbocycles. The fourth-order valence-corrected chi connectivity index (χ4v) is 1.40. The van der Waals surface area contributed by atoms with Gasteiger partial charge >= 0.3 is 5.97 Å². The van der Waals surface area contributed by atoms with Crippen LogP contribution < -0.4 is 10.1 Å². The maximum Gasteiger partial charge on any atom is 0.303 e. The van der Waals surface area contributed by atoms with Gasteiger partial charge in [0.2, 0.25) is 5.91 Å². The van der Waals surface area contributed by atoms with Crippen molar-refractivity contribution in [2.24, 2.45) is 0 Å². The van der Waals surface area contributed by atoms with Gasteiger partial charge in [-0.15, -0.1) is 0 Å². The number of hydrogen-bond donors (Lipinski definition) is 2. The number of carbonyl (C=O) groups excluding carboxylic acids is 1. The first-order valence-electron chi connectivity index (χ1n) is 5.93. The topological polar surface area (TPSA) is 75.6 Å². The van der Waals surface area contributed by atoms with E-state index in [1.165, 1.54) is 6.08 Å². The summed E-state index contributed by atoms with van der Waals surface area (Å²) in [5, 5.41) is 11.1. The van der Waals surface area contributed by atoms with Crippen LogP contribution >= 0.6 is 0 Å². The molecule has 19 heavy (non-hydrogen) atoms. The van der Waals surface area contributed by atoms with Gasteiger partial charge in [0.1, 0.15) is 5.75 Å². The van der Waals surface area contributed by atoms with E-state index in [4.69, 9.17) is 9.84 Å². The van der Waals surface area contributed by atoms with Gasteiger partial charge < -0.3 is 15.2 Å². The van der Waals surface area contributed by atoms with E-state index in [-0.39, 0.29) is 12.3 Å². The number of amides is 1. The molecule has 0 radical (unpaired) electrons. The summed E-state index contributed by atoms with van der Waals surface area (Å²) >= 11 is 0. The van der Waals surface area contributed by atoms with Crippen molar-refractivity contribution in [2.45, 2.75) is 12.8 Å². The Labute approximate surface area is 111 Å². The summed E-state index contributed by atoms with van der Waals surface area (Å²) in [6.07, 6.45) is 3.59. The Kier molecular flexibility index (Phi) is 6.15. The Hall–Kier alpha value is -2.30. The average Bonchev–Trinajstić information content (AvgIpc) is 2.41. The second kappa shape index (κ2) is 7.92. The molecule has 0 atom stereocenters. The molecule has 1 aromatic rings.